The predicted octanol–water partition coefficient (Wildman–Crippen LogP) is 2.79. The topological polar surface area (TPSA) is 83.8 Å². The molecule has 0 bridgehead atoms. The smallest absolute Gasteiger partial charge is 0.294 e. The molecule has 0 saturated carbocycles. The Morgan fingerprint density at radius 2 is 1.78 bits per heavy atom. The minimum Gasteiger partial charge on any atom is -0.493 e. The second-order valence-corrected chi connectivity index (χ2v) is 6.77. The van der Waals surface area contributed by atoms with Gasteiger partial charge in [0.2, 0.25) is 0 Å². The van der Waals surface area contributed by atoms with Gasteiger partial charge in [-0.25, -0.2) is 0 Å². The van der Waals surface area contributed by atoms with Gasteiger partial charge in [0.05, 0.1) is 11.5 Å². The quantitative estimate of drug-likeness (QED) is 0.842. The summed E-state index contributed by atoms with van der Waals surface area (Å²) in [7, 11) is -4.02. The van der Waals surface area contributed by atoms with Crippen molar-refractivity contribution in [1.29, 1.82) is 0 Å². The summed E-state index contributed by atoms with van der Waals surface area (Å²) in [5.41, 5.74) is 2.20. The van der Waals surface area contributed by atoms with E-state index >= 15 is 0 Å². The minimum atomic E-state index is -4.02. The van der Waals surface area contributed by atoms with Crippen LogP contribution in [-0.4, -0.2) is 31.3 Å². The van der Waals surface area contributed by atoms with Crippen molar-refractivity contribution in [1.82, 2.24) is 0 Å². The van der Waals surface area contributed by atoms with E-state index in [4.69, 9.17) is 14.4 Å². The third-order valence-electron chi connectivity index (χ3n) is 3.60. The SMILES string of the molecule is Cc1ccc(S(=O)(=O)O)cc1.OCCC1COc2ccccc21. The number of fused-ring (bicyclic) bond motifs is 1. The van der Waals surface area contributed by atoms with Crippen LogP contribution < -0.4 is 4.74 Å². The Bertz CT molecular complexity index is 736. The van der Waals surface area contributed by atoms with Gasteiger partial charge in [0, 0.05) is 18.1 Å². The van der Waals surface area contributed by atoms with E-state index in [9.17, 15) is 8.42 Å². The molecule has 0 fully saturated rings. The molecule has 2 aromatic carbocycles. The maximum Gasteiger partial charge on any atom is 0.294 e. The average molecular weight is 336 g/mol. The van der Waals surface area contributed by atoms with E-state index in [-0.39, 0.29) is 11.5 Å². The summed E-state index contributed by atoms with van der Waals surface area (Å²) < 4.78 is 35.0. The molecule has 0 aromatic heterocycles. The molecule has 2 N–H and O–H groups in total. The van der Waals surface area contributed by atoms with Crippen molar-refractivity contribution in [3.63, 3.8) is 0 Å². The van der Waals surface area contributed by atoms with Crippen LogP contribution in [0.4, 0.5) is 0 Å². The Kier molecular flexibility index (Phi) is 5.76. The molecule has 6 heteroatoms. The highest BCUT2D eigenvalue weighted by Crippen LogP contribution is 2.34. The van der Waals surface area contributed by atoms with Crippen molar-refractivity contribution in [3.05, 3.63) is 59.7 Å². The van der Waals surface area contributed by atoms with Crippen LogP contribution in [0.3, 0.4) is 0 Å². The molecule has 124 valence electrons. The summed E-state index contributed by atoms with van der Waals surface area (Å²) in [4.78, 5) is -0.0666. The van der Waals surface area contributed by atoms with Gasteiger partial charge in [-0.2, -0.15) is 8.42 Å². The zero-order valence-corrected chi connectivity index (χ0v) is 13.7. The Morgan fingerprint density at radius 3 is 2.39 bits per heavy atom. The van der Waals surface area contributed by atoms with E-state index in [0.717, 1.165) is 24.3 Å². The first-order valence-corrected chi connectivity index (χ1v) is 8.72. The molecule has 1 aliphatic rings. The van der Waals surface area contributed by atoms with E-state index in [1.54, 1.807) is 12.1 Å². The standard InChI is InChI=1S/C10H12O2.C7H8O3S/c11-6-5-8-7-12-10-4-2-1-3-9(8)10;1-6-2-4-7(5-3-6)11(8,9)10/h1-4,8,11H,5-7H2;2-5H,1H3,(H,8,9,10). The molecule has 3 rings (SSSR count). The van der Waals surface area contributed by atoms with Gasteiger partial charge in [0.1, 0.15) is 5.75 Å². The van der Waals surface area contributed by atoms with Gasteiger partial charge in [-0.15, -0.1) is 0 Å². The molecule has 1 aliphatic heterocycles. The predicted molar refractivity (Wildman–Crippen MR) is 87.4 cm³/mol. The number of aliphatic hydroxyl groups excluding tert-OH is 1. The first-order valence-electron chi connectivity index (χ1n) is 7.28. The maximum atomic E-state index is 10.5. The summed E-state index contributed by atoms with van der Waals surface area (Å²) in [6.45, 7) is 2.80. The molecular weight excluding hydrogens is 316 g/mol. The molecule has 1 heterocycles. The van der Waals surface area contributed by atoms with Crippen molar-refractivity contribution in [3.8, 4) is 5.75 Å². The second kappa shape index (κ2) is 7.59. The van der Waals surface area contributed by atoms with Crippen LogP contribution in [0.25, 0.3) is 0 Å². The van der Waals surface area contributed by atoms with Gasteiger partial charge >= 0.3 is 0 Å². The molecule has 2 aromatic rings. The monoisotopic (exact) mass is 336 g/mol. The van der Waals surface area contributed by atoms with Crippen molar-refractivity contribution >= 4 is 10.1 Å². The van der Waals surface area contributed by atoms with Crippen LogP contribution in [0.5, 0.6) is 5.75 Å². The minimum absolute atomic E-state index is 0.0666. The third kappa shape index (κ3) is 4.79. The van der Waals surface area contributed by atoms with Crippen LogP contribution in [0.2, 0.25) is 0 Å². The highest BCUT2D eigenvalue weighted by atomic mass is 32.2. The lowest BCUT2D eigenvalue weighted by atomic mass is 9.99. The third-order valence-corrected chi connectivity index (χ3v) is 4.46. The summed E-state index contributed by atoms with van der Waals surface area (Å²) in [5.74, 6) is 1.38. The summed E-state index contributed by atoms with van der Waals surface area (Å²) >= 11 is 0. The Balaban J connectivity index is 0.000000168. The summed E-state index contributed by atoms with van der Waals surface area (Å²) in [6, 6.07) is 14.0. The fraction of sp³-hybridized carbons (Fsp3) is 0.294. The number of ether oxygens (including phenoxy) is 1. The van der Waals surface area contributed by atoms with Crippen molar-refractivity contribution in [2.75, 3.05) is 13.2 Å². The molecular formula is C17H20O5S. The molecule has 0 aliphatic carbocycles. The van der Waals surface area contributed by atoms with E-state index in [0.29, 0.717) is 5.92 Å². The fourth-order valence-corrected chi connectivity index (χ4v) is 2.81. The lowest BCUT2D eigenvalue weighted by Gasteiger charge is -2.04. The Labute approximate surface area is 136 Å². The number of benzene rings is 2. The van der Waals surface area contributed by atoms with Crippen LogP contribution in [0, 0.1) is 6.92 Å². The molecule has 23 heavy (non-hydrogen) atoms. The number of aliphatic hydroxyl groups is 1. The van der Waals surface area contributed by atoms with Crippen LogP contribution in [0.15, 0.2) is 53.4 Å². The van der Waals surface area contributed by atoms with E-state index in [1.807, 2.05) is 25.1 Å². The number of para-hydroxylation sites is 1. The van der Waals surface area contributed by atoms with Crippen LogP contribution >= 0.6 is 0 Å². The van der Waals surface area contributed by atoms with Crippen LogP contribution in [0.1, 0.15) is 23.5 Å². The normalized spacial score (nSPS) is 16.0. The fourth-order valence-electron chi connectivity index (χ4n) is 2.33. The zero-order valence-electron chi connectivity index (χ0n) is 12.8. The van der Waals surface area contributed by atoms with Gasteiger partial charge in [-0.3, -0.25) is 4.55 Å². The Hall–Kier alpha value is -1.89. The molecule has 0 radical (unpaired) electrons. The first-order chi connectivity index (χ1) is 10.9. The molecule has 0 saturated heterocycles. The van der Waals surface area contributed by atoms with E-state index < -0.39 is 10.1 Å². The van der Waals surface area contributed by atoms with Gasteiger partial charge in [0.15, 0.2) is 0 Å². The average Bonchev–Trinajstić information content (AvgIpc) is 2.91. The molecule has 5 nitrogen and oxygen atoms in total. The largest absolute Gasteiger partial charge is 0.493 e. The van der Waals surface area contributed by atoms with E-state index in [2.05, 4.69) is 6.07 Å². The van der Waals surface area contributed by atoms with Gasteiger partial charge < -0.3 is 9.84 Å². The molecule has 1 atom stereocenters. The molecule has 0 spiro atoms. The highest BCUT2D eigenvalue weighted by molar-refractivity contribution is 7.85. The number of aryl methyl sites for hydroxylation is 1. The van der Waals surface area contributed by atoms with Gasteiger partial charge in [0.25, 0.3) is 10.1 Å². The first kappa shape index (κ1) is 17.5. The molecule has 0 amide bonds. The van der Waals surface area contributed by atoms with Gasteiger partial charge in [-0.1, -0.05) is 35.9 Å². The number of hydrogen-bond donors (Lipinski definition) is 2. The molecule has 1 unspecified atom stereocenters. The lowest BCUT2D eigenvalue weighted by molar-refractivity contribution is 0.254. The lowest BCUT2D eigenvalue weighted by Crippen LogP contribution is -2.02. The van der Waals surface area contributed by atoms with Crippen molar-refractivity contribution in [2.45, 2.75) is 24.2 Å². The second-order valence-electron chi connectivity index (χ2n) is 5.35. The van der Waals surface area contributed by atoms with Crippen molar-refractivity contribution < 1.29 is 22.8 Å². The van der Waals surface area contributed by atoms with E-state index in [1.165, 1.54) is 17.7 Å². The van der Waals surface area contributed by atoms with Crippen molar-refractivity contribution in [2.24, 2.45) is 0 Å². The summed E-state index contributed by atoms with van der Waals surface area (Å²) in [5, 5.41) is 8.80. The maximum absolute atomic E-state index is 10.5. The zero-order chi connectivity index (χ0) is 16.9. The summed E-state index contributed by atoms with van der Waals surface area (Å²) in [6.07, 6.45) is 0.803. The van der Waals surface area contributed by atoms with Gasteiger partial charge in [-0.05, 0) is 31.5 Å². The highest BCUT2D eigenvalue weighted by Gasteiger charge is 2.22. The van der Waals surface area contributed by atoms with Crippen LogP contribution in [-0.2, 0) is 10.1 Å². The number of rotatable bonds is 3. The Morgan fingerprint density at radius 1 is 1.13 bits per heavy atom. The number of hydrogen-bond acceptors (Lipinski definition) is 4.